The zero-order valence-corrected chi connectivity index (χ0v) is 11.6. The van der Waals surface area contributed by atoms with E-state index in [2.05, 4.69) is 22.0 Å². The molecule has 1 aliphatic heterocycles. The normalized spacial score (nSPS) is 29.1. The van der Waals surface area contributed by atoms with Crippen LogP contribution in [0.4, 0.5) is 8.78 Å². The van der Waals surface area contributed by atoms with Crippen LogP contribution in [0.25, 0.3) is 0 Å². The molecule has 2 fully saturated rings. The molecule has 3 unspecified atom stereocenters. The summed E-state index contributed by atoms with van der Waals surface area (Å²) in [5.74, 6) is -1.09. The van der Waals surface area contributed by atoms with Gasteiger partial charge >= 0.3 is 0 Å². The first-order valence-corrected chi connectivity index (χ1v) is 7.25. The third-order valence-corrected chi connectivity index (χ3v) is 3.97. The molecular formula is C15H18F2N4. The number of piperazine rings is 1. The summed E-state index contributed by atoms with van der Waals surface area (Å²) in [5, 5.41) is 19.0. The Hall–Kier alpha value is -1.55. The molecule has 1 saturated carbocycles. The van der Waals surface area contributed by atoms with Crippen LogP contribution in [0.3, 0.4) is 0 Å². The molecule has 3 rings (SSSR count). The Morgan fingerprint density at radius 3 is 2.81 bits per heavy atom. The molecule has 21 heavy (non-hydrogen) atoms. The smallest absolute Gasteiger partial charge is 0.129 e. The van der Waals surface area contributed by atoms with E-state index in [4.69, 9.17) is 5.26 Å². The Morgan fingerprint density at radius 2 is 2.14 bits per heavy atom. The topological polar surface area (TPSA) is 59.9 Å². The lowest BCUT2D eigenvalue weighted by molar-refractivity contribution is 0.249. The SMILES string of the molecule is N#CC1CNC(Cc2ccc(F)cc2F)C(NC2CC2)N1. The lowest BCUT2D eigenvalue weighted by atomic mass is 9.99. The second-order valence-corrected chi connectivity index (χ2v) is 5.72. The Kier molecular flexibility index (Phi) is 4.15. The number of rotatable bonds is 4. The van der Waals surface area contributed by atoms with Crippen molar-refractivity contribution in [3.63, 3.8) is 0 Å². The minimum atomic E-state index is -0.567. The molecule has 1 aromatic rings. The molecule has 112 valence electrons. The summed E-state index contributed by atoms with van der Waals surface area (Å²) in [4.78, 5) is 0. The standard InChI is InChI=1S/C15H18F2N4/c16-10-2-1-9(13(17)6-10)5-14-15(20-11-3-4-11)21-12(7-18)8-19-14/h1-2,6,11-12,14-15,19-21H,3-5,8H2. The van der Waals surface area contributed by atoms with E-state index in [1.165, 1.54) is 12.1 Å². The minimum absolute atomic E-state index is 0.0323. The van der Waals surface area contributed by atoms with Crippen molar-refractivity contribution in [3.8, 4) is 6.07 Å². The average molecular weight is 292 g/mol. The van der Waals surface area contributed by atoms with Gasteiger partial charge in [-0.2, -0.15) is 5.26 Å². The predicted octanol–water partition coefficient (Wildman–Crippen LogP) is 1.04. The largest absolute Gasteiger partial charge is 0.308 e. The molecule has 1 heterocycles. The van der Waals surface area contributed by atoms with Crippen LogP contribution in [-0.4, -0.2) is 30.8 Å². The van der Waals surface area contributed by atoms with E-state index >= 15 is 0 Å². The van der Waals surface area contributed by atoms with Gasteiger partial charge in [0.05, 0.1) is 12.2 Å². The highest BCUT2D eigenvalue weighted by Gasteiger charge is 2.34. The van der Waals surface area contributed by atoms with Crippen molar-refractivity contribution in [3.05, 3.63) is 35.4 Å². The van der Waals surface area contributed by atoms with Crippen molar-refractivity contribution in [1.29, 1.82) is 5.26 Å². The summed E-state index contributed by atoms with van der Waals surface area (Å²) in [6.07, 6.45) is 2.63. The molecule has 0 aromatic heterocycles. The first-order valence-electron chi connectivity index (χ1n) is 7.25. The Labute approximate surface area is 122 Å². The van der Waals surface area contributed by atoms with Crippen LogP contribution >= 0.6 is 0 Å². The van der Waals surface area contributed by atoms with Crippen molar-refractivity contribution in [1.82, 2.24) is 16.0 Å². The van der Waals surface area contributed by atoms with Gasteiger partial charge in [0.1, 0.15) is 17.7 Å². The number of nitrogens with one attached hydrogen (secondary N) is 3. The molecule has 1 aromatic carbocycles. The molecule has 1 saturated heterocycles. The van der Waals surface area contributed by atoms with Gasteiger partial charge in [-0.3, -0.25) is 10.6 Å². The number of hydrogen-bond donors (Lipinski definition) is 3. The van der Waals surface area contributed by atoms with Crippen molar-refractivity contribution in [2.24, 2.45) is 0 Å². The van der Waals surface area contributed by atoms with Gasteiger partial charge in [0.2, 0.25) is 0 Å². The number of nitrogens with zero attached hydrogens (tertiary/aromatic N) is 1. The molecule has 0 bridgehead atoms. The van der Waals surface area contributed by atoms with Crippen LogP contribution < -0.4 is 16.0 Å². The Bertz CT molecular complexity index is 553. The fraction of sp³-hybridized carbons (Fsp3) is 0.533. The first kappa shape index (κ1) is 14.4. The molecule has 1 aliphatic carbocycles. The molecule has 2 aliphatic rings. The van der Waals surface area contributed by atoms with E-state index in [1.807, 2.05) is 0 Å². The van der Waals surface area contributed by atoms with Gasteiger partial charge in [0.25, 0.3) is 0 Å². The fourth-order valence-corrected chi connectivity index (χ4v) is 2.64. The average Bonchev–Trinajstić information content (AvgIpc) is 3.27. The van der Waals surface area contributed by atoms with E-state index in [0.29, 0.717) is 24.6 Å². The highest BCUT2D eigenvalue weighted by Crippen LogP contribution is 2.21. The highest BCUT2D eigenvalue weighted by molar-refractivity contribution is 5.20. The maximum absolute atomic E-state index is 13.8. The molecule has 0 amide bonds. The highest BCUT2D eigenvalue weighted by atomic mass is 19.1. The number of hydrogen-bond acceptors (Lipinski definition) is 4. The third-order valence-electron chi connectivity index (χ3n) is 3.97. The van der Waals surface area contributed by atoms with Crippen LogP contribution in [0, 0.1) is 23.0 Å². The molecule has 6 heteroatoms. The number of halogens is 2. The van der Waals surface area contributed by atoms with Gasteiger partial charge in [-0.15, -0.1) is 0 Å². The molecule has 0 radical (unpaired) electrons. The third kappa shape index (κ3) is 3.56. The van der Waals surface area contributed by atoms with Crippen molar-refractivity contribution in [2.75, 3.05) is 6.54 Å². The van der Waals surface area contributed by atoms with Crippen molar-refractivity contribution < 1.29 is 8.78 Å². The molecule has 0 spiro atoms. The van der Waals surface area contributed by atoms with Gasteiger partial charge in [-0.1, -0.05) is 6.07 Å². The summed E-state index contributed by atoms with van der Waals surface area (Å²) >= 11 is 0. The van der Waals surface area contributed by atoms with Gasteiger partial charge < -0.3 is 5.32 Å². The van der Waals surface area contributed by atoms with Crippen LogP contribution in [0.5, 0.6) is 0 Å². The fourth-order valence-electron chi connectivity index (χ4n) is 2.64. The predicted molar refractivity (Wildman–Crippen MR) is 74.3 cm³/mol. The van der Waals surface area contributed by atoms with Crippen LogP contribution in [0.15, 0.2) is 18.2 Å². The van der Waals surface area contributed by atoms with Crippen LogP contribution in [0.1, 0.15) is 18.4 Å². The van der Waals surface area contributed by atoms with E-state index in [-0.39, 0.29) is 18.2 Å². The lowest BCUT2D eigenvalue weighted by Gasteiger charge is -2.37. The summed E-state index contributed by atoms with van der Waals surface area (Å²) in [7, 11) is 0. The monoisotopic (exact) mass is 292 g/mol. The molecule has 3 atom stereocenters. The zero-order valence-electron chi connectivity index (χ0n) is 11.6. The van der Waals surface area contributed by atoms with E-state index in [0.717, 1.165) is 18.9 Å². The zero-order chi connectivity index (χ0) is 14.8. The molecular weight excluding hydrogens is 274 g/mol. The van der Waals surface area contributed by atoms with E-state index in [1.54, 1.807) is 0 Å². The molecule has 4 nitrogen and oxygen atoms in total. The van der Waals surface area contributed by atoms with Gasteiger partial charge in [-0.25, -0.2) is 8.78 Å². The second kappa shape index (κ2) is 6.06. The maximum atomic E-state index is 13.8. The Morgan fingerprint density at radius 1 is 1.33 bits per heavy atom. The van der Waals surface area contributed by atoms with Crippen molar-refractivity contribution in [2.45, 2.75) is 43.6 Å². The quantitative estimate of drug-likeness (QED) is 0.776. The first-order chi connectivity index (χ1) is 10.2. The summed E-state index contributed by atoms with van der Waals surface area (Å²) < 4.78 is 26.8. The number of nitriles is 1. The Balaban J connectivity index is 1.70. The van der Waals surface area contributed by atoms with Gasteiger partial charge in [-0.05, 0) is 30.9 Å². The number of benzene rings is 1. The van der Waals surface area contributed by atoms with Gasteiger partial charge in [0.15, 0.2) is 0 Å². The second-order valence-electron chi connectivity index (χ2n) is 5.72. The van der Waals surface area contributed by atoms with Gasteiger partial charge in [0, 0.05) is 24.7 Å². The molecule has 3 N–H and O–H groups in total. The van der Waals surface area contributed by atoms with E-state index < -0.39 is 11.6 Å². The summed E-state index contributed by atoms with van der Waals surface area (Å²) in [5.41, 5.74) is 0.480. The summed E-state index contributed by atoms with van der Waals surface area (Å²) in [6, 6.07) is 6.05. The summed E-state index contributed by atoms with van der Waals surface area (Å²) in [6.45, 7) is 0.521. The van der Waals surface area contributed by atoms with Crippen molar-refractivity contribution >= 4 is 0 Å². The van der Waals surface area contributed by atoms with Crippen LogP contribution in [-0.2, 0) is 6.42 Å². The minimum Gasteiger partial charge on any atom is -0.308 e. The lowest BCUT2D eigenvalue weighted by Crippen LogP contribution is -2.66. The van der Waals surface area contributed by atoms with Crippen LogP contribution in [0.2, 0.25) is 0 Å². The maximum Gasteiger partial charge on any atom is 0.129 e. The van der Waals surface area contributed by atoms with E-state index in [9.17, 15) is 8.78 Å².